The van der Waals surface area contributed by atoms with Gasteiger partial charge in [-0.2, -0.15) is 0 Å². The van der Waals surface area contributed by atoms with Gasteiger partial charge in [-0.15, -0.1) is 0 Å². The number of hydrogen-bond donors (Lipinski definition) is 3. The molecule has 1 amide bonds. The van der Waals surface area contributed by atoms with Crippen LogP contribution in [0.4, 0.5) is 9.18 Å². The highest BCUT2D eigenvalue weighted by atomic mass is 35.5. The summed E-state index contributed by atoms with van der Waals surface area (Å²) < 4.78 is 19.4. The standard InChI is InChI=1S/C15H20ClFN2O3/c16-12-6-11(7-13(17)8-12)14(10-2-1-3-18-9-10)22-5-4-19-15(20)21/h6-8,10,14,18-19H,1-5,9H2,(H,20,21)/t10-,14-/m1/s1. The summed E-state index contributed by atoms with van der Waals surface area (Å²) in [5, 5.41) is 14.5. The molecule has 22 heavy (non-hydrogen) atoms. The van der Waals surface area contributed by atoms with Crippen LogP contribution in [0.1, 0.15) is 24.5 Å². The van der Waals surface area contributed by atoms with Gasteiger partial charge >= 0.3 is 6.09 Å². The minimum Gasteiger partial charge on any atom is -0.465 e. The van der Waals surface area contributed by atoms with Crippen LogP contribution < -0.4 is 10.6 Å². The van der Waals surface area contributed by atoms with Crippen LogP contribution in [0.25, 0.3) is 0 Å². The lowest BCUT2D eigenvalue weighted by molar-refractivity contribution is 0.00477. The van der Waals surface area contributed by atoms with E-state index >= 15 is 0 Å². The summed E-state index contributed by atoms with van der Waals surface area (Å²) in [6.45, 7) is 2.16. The fourth-order valence-corrected chi connectivity index (χ4v) is 2.96. The fraction of sp³-hybridized carbons (Fsp3) is 0.533. The second-order valence-electron chi connectivity index (χ2n) is 5.33. The maximum atomic E-state index is 13.6. The average molecular weight is 331 g/mol. The molecular weight excluding hydrogens is 311 g/mol. The number of hydrogen-bond acceptors (Lipinski definition) is 3. The monoisotopic (exact) mass is 330 g/mol. The molecule has 1 saturated heterocycles. The van der Waals surface area contributed by atoms with Crippen LogP contribution in [0.2, 0.25) is 5.02 Å². The molecule has 7 heteroatoms. The zero-order chi connectivity index (χ0) is 15.9. The minimum absolute atomic E-state index is 0.190. The third-order valence-electron chi connectivity index (χ3n) is 3.65. The van der Waals surface area contributed by atoms with Crippen molar-refractivity contribution in [1.29, 1.82) is 0 Å². The highest BCUT2D eigenvalue weighted by Crippen LogP contribution is 2.32. The van der Waals surface area contributed by atoms with Crippen LogP contribution in [-0.2, 0) is 4.74 Å². The Morgan fingerprint density at radius 1 is 1.55 bits per heavy atom. The number of benzene rings is 1. The molecule has 1 aliphatic rings. The van der Waals surface area contributed by atoms with Crippen molar-refractivity contribution in [3.8, 4) is 0 Å². The molecule has 1 aliphatic heterocycles. The summed E-state index contributed by atoms with van der Waals surface area (Å²) >= 11 is 5.93. The third-order valence-corrected chi connectivity index (χ3v) is 3.87. The lowest BCUT2D eigenvalue weighted by Crippen LogP contribution is -2.35. The molecule has 1 aromatic carbocycles. The zero-order valence-corrected chi connectivity index (χ0v) is 12.9. The highest BCUT2D eigenvalue weighted by molar-refractivity contribution is 6.30. The normalized spacial score (nSPS) is 19.6. The van der Waals surface area contributed by atoms with E-state index in [2.05, 4.69) is 10.6 Å². The van der Waals surface area contributed by atoms with Gasteiger partial charge < -0.3 is 20.5 Å². The van der Waals surface area contributed by atoms with E-state index in [0.29, 0.717) is 10.6 Å². The van der Waals surface area contributed by atoms with Crippen molar-refractivity contribution in [3.63, 3.8) is 0 Å². The SMILES string of the molecule is O=C(O)NCCO[C@@H](c1cc(F)cc(Cl)c1)[C@@H]1CCCNC1. The molecule has 1 fully saturated rings. The number of piperidine rings is 1. The summed E-state index contributed by atoms with van der Waals surface area (Å²) in [5.41, 5.74) is 0.689. The second-order valence-corrected chi connectivity index (χ2v) is 5.77. The smallest absolute Gasteiger partial charge is 0.404 e. The van der Waals surface area contributed by atoms with Crippen molar-refractivity contribution in [2.75, 3.05) is 26.2 Å². The predicted octanol–water partition coefficient (Wildman–Crippen LogP) is 2.80. The molecule has 0 radical (unpaired) electrons. The summed E-state index contributed by atoms with van der Waals surface area (Å²) in [7, 11) is 0. The van der Waals surface area contributed by atoms with Crippen molar-refractivity contribution < 1.29 is 19.0 Å². The molecule has 5 nitrogen and oxygen atoms in total. The molecule has 2 atom stereocenters. The number of halogens is 2. The van der Waals surface area contributed by atoms with E-state index in [9.17, 15) is 9.18 Å². The Morgan fingerprint density at radius 2 is 2.36 bits per heavy atom. The van der Waals surface area contributed by atoms with Crippen LogP contribution >= 0.6 is 11.6 Å². The quantitative estimate of drug-likeness (QED) is 0.701. The lowest BCUT2D eigenvalue weighted by atomic mass is 9.89. The number of nitrogens with one attached hydrogen (secondary N) is 2. The van der Waals surface area contributed by atoms with E-state index in [1.54, 1.807) is 6.07 Å². The molecule has 0 saturated carbocycles. The first-order valence-electron chi connectivity index (χ1n) is 7.31. The maximum absolute atomic E-state index is 13.6. The van der Waals surface area contributed by atoms with Crippen LogP contribution in [0.3, 0.4) is 0 Å². The van der Waals surface area contributed by atoms with Gasteiger partial charge in [-0.25, -0.2) is 9.18 Å². The van der Waals surface area contributed by atoms with Gasteiger partial charge in [0.1, 0.15) is 5.82 Å². The number of ether oxygens (including phenoxy) is 1. The summed E-state index contributed by atoms with van der Waals surface area (Å²) in [4.78, 5) is 10.5. The van der Waals surface area contributed by atoms with E-state index in [4.69, 9.17) is 21.4 Å². The fourth-order valence-electron chi connectivity index (χ4n) is 2.72. The van der Waals surface area contributed by atoms with Crippen molar-refractivity contribution in [3.05, 3.63) is 34.6 Å². The van der Waals surface area contributed by atoms with Crippen LogP contribution in [-0.4, -0.2) is 37.4 Å². The summed E-state index contributed by atoms with van der Waals surface area (Å²) in [6.07, 6.45) is 0.601. The largest absolute Gasteiger partial charge is 0.465 e. The number of carbonyl (C=O) groups is 1. The van der Waals surface area contributed by atoms with Crippen LogP contribution in [0, 0.1) is 11.7 Å². The molecule has 0 bridgehead atoms. The minimum atomic E-state index is -1.09. The van der Waals surface area contributed by atoms with Gasteiger partial charge in [0, 0.05) is 24.0 Å². The number of rotatable bonds is 6. The summed E-state index contributed by atoms with van der Waals surface area (Å²) in [5.74, 6) is -0.194. The number of amides is 1. The molecule has 122 valence electrons. The Kier molecular flexibility index (Phi) is 6.42. The van der Waals surface area contributed by atoms with E-state index in [-0.39, 0.29) is 25.2 Å². The molecule has 0 unspecified atom stereocenters. The van der Waals surface area contributed by atoms with E-state index in [0.717, 1.165) is 25.9 Å². The second kappa shape index (κ2) is 8.31. The van der Waals surface area contributed by atoms with E-state index in [1.165, 1.54) is 12.1 Å². The maximum Gasteiger partial charge on any atom is 0.404 e. The van der Waals surface area contributed by atoms with Gasteiger partial charge in [0.05, 0.1) is 12.7 Å². The Labute approximate surface area is 133 Å². The van der Waals surface area contributed by atoms with Crippen molar-refractivity contribution in [2.24, 2.45) is 5.92 Å². The number of carboxylic acid groups (broad SMARTS) is 1. The average Bonchev–Trinajstić information content (AvgIpc) is 2.46. The van der Waals surface area contributed by atoms with Gasteiger partial charge in [-0.1, -0.05) is 11.6 Å². The first-order valence-corrected chi connectivity index (χ1v) is 7.69. The van der Waals surface area contributed by atoms with Gasteiger partial charge in [-0.3, -0.25) is 0 Å². The van der Waals surface area contributed by atoms with Crippen LogP contribution in [0.5, 0.6) is 0 Å². The van der Waals surface area contributed by atoms with Gasteiger partial charge in [0.25, 0.3) is 0 Å². The molecule has 3 N–H and O–H groups in total. The van der Waals surface area contributed by atoms with Gasteiger partial charge in [-0.05, 0) is 43.1 Å². The summed E-state index contributed by atoms with van der Waals surface area (Å²) in [6, 6.07) is 4.39. The molecule has 2 rings (SSSR count). The van der Waals surface area contributed by atoms with Crippen molar-refractivity contribution >= 4 is 17.7 Å². The molecule has 1 heterocycles. The highest BCUT2D eigenvalue weighted by Gasteiger charge is 2.26. The first kappa shape index (κ1) is 17.0. The van der Waals surface area contributed by atoms with Gasteiger partial charge in [0.2, 0.25) is 0 Å². The Hall–Kier alpha value is -1.37. The molecule has 1 aromatic rings. The predicted molar refractivity (Wildman–Crippen MR) is 81.7 cm³/mol. The van der Waals surface area contributed by atoms with Gasteiger partial charge in [0.15, 0.2) is 0 Å². The molecule has 0 spiro atoms. The van der Waals surface area contributed by atoms with Crippen molar-refractivity contribution in [1.82, 2.24) is 10.6 Å². The third kappa shape index (κ3) is 5.12. The molecular formula is C15H20ClFN2O3. The van der Waals surface area contributed by atoms with Crippen LogP contribution in [0.15, 0.2) is 18.2 Å². The Balaban J connectivity index is 2.07. The van der Waals surface area contributed by atoms with E-state index in [1.807, 2.05) is 0 Å². The zero-order valence-electron chi connectivity index (χ0n) is 12.1. The van der Waals surface area contributed by atoms with E-state index < -0.39 is 11.9 Å². The Bertz CT molecular complexity index is 489. The van der Waals surface area contributed by atoms with Crippen molar-refractivity contribution in [2.45, 2.75) is 18.9 Å². The first-order chi connectivity index (χ1) is 10.6. The topological polar surface area (TPSA) is 70.6 Å². The Morgan fingerprint density at radius 3 is 3.00 bits per heavy atom. The lowest BCUT2D eigenvalue weighted by Gasteiger charge is -2.31. The molecule has 0 aliphatic carbocycles. The molecule has 0 aromatic heterocycles.